The summed E-state index contributed by atoms with van der Waals surface area (Å²) in [7, 11) is -5.35. The second kappa shape index (κ2) is 35.1. The van der Waals surface area contributed by atoms with Crippen LogP contribution in [0.25, 0.3) is 0 Å². The summed E-state index contributed by atoms with van der Waals surface area (Å²) >= 11 is 0. The highest BCUT2D eigenvalue weighted by molar-refractivity contribution is 7.80. The van der Waals surface area contributed by atoms with Crippen molar-refractivity contribution in [2.45, 2.75) is 267 Å². The Kier molecular flexibility index (Phi) is 29.4. The van der Waals surface area contributed by atoms with Crippen LogP contribution in [0.5, 0.6) is 0 Å². The number of ether oxygens (including phenoxy) is 14. The lowest BCUT2D eigenvalue weighted by atomic mass is 9.94. The number of carboxylic acid groups (broad SMARTS) is 1. The number of carboxylic acids is 1. The fourth-order valence-electron chi connectivity index (χ4n) is 11.8. The van der Waals surface area contributed by atoms with Crippen LogP contribution in [-0.4, -0.2) is 422 Å². The highest BCUT2D eigenvalue weighted by Gasteiger charge is 2.60. The van der Waals surface area contributed by atoms with E-state index in [1.165, 1.54) is 6.92 Å². The van der Waals surface area contributed by atoms with Gasteiger partial charge in [-0.25, -0.2) is 8.98 Å². The maximum Gasteiger partial charge on any atom is 0.397 e. The number of amides is 2. The van der Waals surface area contributed by atoms with Crippen LogP contribution < -0.4 is 10.6 Å². The molecule has 0 unspecified atom stereocenters. The third-order valence-corrected chi connectivity index (χ3v) is 17.6. The molecule has 7 rings (SSSR count). The SMILES string of the molecule is CC(=O)N[C@H]1[C@H](OC[C@@H](O)[C@H](O)[C@H](O[C@@H]2O[C@H](CO)[C@H](O[C@@H]3O[C@H](CO)[C@H](O)[C@H](O)[C@H]3O)[C@H](O[C@@H]3O[C@H](CO)[C@H](O)[C@H](O[C@@H]4O[C@H](C(=O)O)[C@@H](O)[C@H](O)[C@H]4O)[C@H]3O)[C@H]2O[C@@H]2O[C@@H](C)[C@@H](O)[C@@H](O)[C@@H]2O)[C@H](CO)NC(C)=O)O[C@H](COS(=O)(=O)O)[C@@H](O)[C@@H]1O[C@@H]1O[C@@H](C)[C@@H](O)[C@@H](O)[C@@H]1O. The number of aliphatic hydroxyl groups excluding tert-OH is 21. The lowest BCUT2D eigenvalue weighted by molar-refractivity contribution is -0.416. The second-order valence-corrected chi connectivity index (χ2v) is 25.3. The molecule has 0 radical (unpaired) electrons. The molecular formula is C52H88N2O43S. The minimum absolute atomic E-state index is 0.878. The van der Waals surface area contributed by atoms with Gasteiger partial charge >= 0.3 is 16.4 Å². The Bertz CT molecular complexity index is 2650. The van der Waals surface area contributed by atoms with Crippen molar-refractivity contribution in [1.82, 2.24) is 10.6 Å². The molecule has 7 saturated heterocycles. The summed E-state index contributed by atoms with van der Waals surface area (Å²) in [5, 5.41) is 246. The zero-order valence-corrected chi connectivity index (χ0v) is 52.9. The first-order valence-electron chi connectivity index (χ1n) is 30.4. The molecule has 7 aliphatic heterocycles. The first kappa shape index (κ1) is 82.2. The minimum atomic E-state index is -5.35. The minimum Gasteiger partial charge on any atom is -0.479 e. The van der Waals surface area contributed by atoms with E-state index in [1.807, 2.05) is 0 Å². The number of aliphatic carboxylic acids is 1. The van der Waals surface area contributed by atoms with Gasteiger partial charge < -0.3 is 189 Å². The third-order valence-electron chi connectivity index (χ3n) is 17.2. The summed E-state index contributed by atoms with van der Waals surface area (Å²) < 4.78 is 119. The summed E-state index contributed by atoms with van der Waals surface area (Å²) in [5.41, 5.74) is 0. The van der Waals surface area contributed by atoms with Gasteiger partial charge in [0.2, 0.25) is 11.8 Å². The number of nitrogens with one attached hydrogen (secondary N) is 2. The molecule has 7 aliphatic rings. The third kappa shape index (κ3) is 18.9. The first-order chi connectivity index (χ1) is 45.9. The van der Waals surface area contributed by atoms with E-state index >= 15 is 0 Å². The van der Waals surface area contributed by atoms with Crippen LogP contribution in [0.3, 0.4) is 0 Å². The van der Waals surface area contributed by atoms with Crippen LogP contribution in [0.1, 0.15) is 27.7 Å². The molecule has 0 aromatic rings. The highest BCUT2D eigenvalue weighted by Crippen LogP contribution is 2.40. The normalized spacial score (nSPS) is 46.3. The monoisotopic (exact) mass is 1460 g/mol. The Labute approximate surface area is 554 Å². The maximum absolute atomic E-state index is 12.9. The van der Waals surface area contributed by atoms with E-state index in [4.69, 9.17) is 66.3 Å². The Balaban J connectivity index is 1.31. The van der Waals surface area contributed by atoms with Crippen LogP contribution in [0.2, 0.25) is 0 Å². The van der Waals surface area contributed by atoms with Crippen molar-refractivity contribution >= 4 is 28.2 Å². The maximum atomic E-state index is 12.9. The van der Waals surface area contributed by atoms with Gasteiger partial charge in [0.25, 0.3) is 0 Å². The van der Waals surface area contributed by atoms with Crippen molar-refractivity contribution in [3.05, 3.63) is 0 Å². The average molecular weight is 1460 g/mol. The lowest BCUT2D eigenvalue weighted by Crippen LogP contribution is -2.70. The molecule has 570 valence electrons. The second-order valence-electron chi connectivity index (χ2n) is 24.2. The summed E-state index contributed by atoms with van der Waals surface area (Å²) in [4.78, 5) is 37.8. The number of hydrogen-bond acceptors (Lipinski definition) is 41. The Morgan fingerprint density at radius 1 is 0.459 bits per heavy atom. The van der Waals surface area contributed by atoms with Crippen molar-refractivity contribution in [2.24, 2.45) is 0 Å². The van der Waals surface area contributed by atoms with Gasteiger partial charge in [-0.2, -0.15) is 8.42 Å². The standard InChI is InChI=1S/C52H88N2O43S/c1-11-22(62)28(68)33(73)47(85-11)93-40-21(54-14(4)60)46(90-20(27(40)67)10-84-98(80,81)82)83-9-16(61)24(64)38(15(5-55)53-13(3)59)91-52-44(97-48-34(74)29(69)23(63)12(2)86-48)43(39(19(8-58)89-52)92-49-35(75)30(70)25(65)17(6-56)87-49)96-51-37(77)41(26(66)18(7-57)88-51)94-50-36(76)31(71)32(72)42(95-50)45(78)79/h11-12,15-44,46-52,55-58,61-77H,5-10H2,1-4H3,(H,53,59)(H,54,60)(H,78,79)(H,80,81,82)/t11-,12-,15-,16+,17+,18+,19+,20+,21+,22+,23+,24-,25-,26-,27+,28+,29+,30-,31-,32-,33-,34-,35+,36+,37+,38+,39-,40+,41-,42-,43-,44+,46+,47-,48-,49-,50+,51-,52-/m0/s1. The van der Waals surface area contributed by atoms with Crippen molar-refractivity contribution in [1.29, 1.82) is 0 Å². The molecule has 45 nitrogen and oxygen atoms in total. The molecule has 7 fully saturated rings. The van der Waals surface area contributed by atoms with Gasteiger partial charge in [-0.3, -0.25) is 14.1 Å². The molecule has 98 heavy (non-hydrogen) atoms. The van der Waals surface area contributed by atoms with Gasteiger partial charge in [0.05, 0.1) is 57.9 Å². The Morgan fingerprint density at radius 3 is 1.39 bits per heavy atom. The summed E-state index contributed by atoms with van der Waals surface area (Å²) in [5.74, 6) is -3.90. The van der Waals surface area contributed by atoms with Crippen LogP contribution in [0.15, 0.2) is 0 Å². The van der Waals surface area contributed by atoms with E-state index in [1.54, 1.807) is 0 Å². The van der Waals surface area contributed by atoms with Gasteiger partial charge in [-0.05, 0) is 13.8 Å². The van der Waals surface area contributed by atoms with E-state index < -0.39 is 307 Å². The van der Waals surface area contributed by atoms with E-state index in [0.717, 1.165) is 20.8 Å². The zero-order chi connectivity index (χ0) is 73.0. The first-order valence-corrected chi connectivity index (χ1v) is 31.8. The molecule has 25 N–H and O–H groups in total. The zero-order valence-electron chi connectivity index (χ0n) is 52.1. The van der Waals surface area contributed by atoms with Crippen molar-refractivity contribution < 1.29 is 210 Å². The van der Waals surface area contributed by atoms with Crippen molar-refractivity contribution in [3.8, 4) is 0 Å². The fourth-order valence-corrected chi connectivity index (χ4v) is 12.1. The lowest BCUT2D eigenvalue weighted by Gasteiger charge is -2.52. The predicted molar refractivity (Wildman–Crippen MR) is 298 cm³/mol. The highest BCUT2D eigenvalue weighted by atomic mass is 32.3. The number of rotatable bonds is 28. The summed E-state index contributed by atoms with van der Waals surface area (Å²) in [6, 6.07) is -3.90. The van der Waals surface area contributed by atoms with Gasteiger partial charge in [0, 0.05) is 13.8 Å². The molecule has 0 bridgehead atoms. The molecular weight excluding hydrogens is 1370 g/mol. The summed E-state index contributed by atoms with van der Waals surface area (Å²) in [6.07, 6.45) is -81.5. The predicted octanol–water partition coefficient (Wildman–Crippen LogP) is -16.6. The van der Waals surface area contributed by atoms with Crippen molar-refractivity contribution in [2.75, 3.05) is 39.6 Å². The van der Waals surface area contributed by atoms with E-state index in [-0.39, 0.29) is 0 Å². The number of carbonyl (C=O) groups is 3. The molecule has 0 spiro atoms. The largest absolute Gasteiger partial charge is 0.479 e. The quantitative estimate of drug-likeness (QED) is 0.0324. The summed E-state index contributed by atoms with van der Waals surface area (Å²) in [6.45, 7) is -3.43. The van der Waals surface area contributed by atoms with Crippen LogP contribution in [0.4, 0.5) is 0 Å². The van der Waals surface area contributed by atoms with Crippen molar-refractivity contribution in [3.63, 3.8) is 0 Å². The Morgan fingerprint density at radius 2 is 0.888 bits per heavy atom. The topological polar surface area (TPSA) is 713 Å². The number of hydrogen-bond donors (Lipinski definition) is 25. The van der Waals surface area contributed by atoms with Gasteiger partial charge in [-0.1, -0.05) is 0 Å². The molecule has 46 heteroatoms. The van der Waals surface area contributed by atoms with Gasteiger partial charge in [0.1, 0.15) is 171 Å². The number of aliphatic hydroxyl groups is 21. The fraction of sp³-hybridized carbons (Fsp3) is 0.942. The molecule has 7 heterocycles. The van der Waals surface area contributed by atoms with Gasteiger partial charge in [-0.15, -0.1) is 0 Å². The van der Waals surface area contributed by atoms with E-state index in [2.05, 4.69) is 14.8 Å². The molecule has 0 saturated carbocycles. The van der Waals surface area contributed by atoms with E-state index in [9.17, 15) is 140 Å². The molecule has 0 aromatic heterocycles. The Hall–Kier alpha value is -3.12. The smallest absolute Gasteiger partial charge is 0.397 e. The average Bonchev–Trinajstić information content (AvgIpc) is 0.770. The van der Waals surface area contributed by atoms with Crippen LogP contribution in [-0.2, 0) is 95.3 Å². The van der Waals surface area contributed by atoms with Crippen LogP contribution in [0, 0.1) is 0 Å². The molecule has 0 aliphatic carbocycles. The van der Waals surface area contributed by atoms with Crippen LogP contribution >= 0.6 is 0 Å². The van der Waals surface area contributed by atoms with E-state index in [0.29, 0.717) is 0 Å². The molecule has 0 aromatic carbocycles. The molecule has 39 atom stereocenters. The number of carbonyl (C=O) groups excluding carboxylic acids is 2. The van der Waals surface area contributed by atoms with Gasteiger partial charge in [0.15, 0.2) is 50.1 Å². The molecule has 2 amide bonds.